The zero-order valence-corrected chi connectivity index (χ0v) is 17.2. The lowest BCUT2D eigenvalue weighted by atomic mass is 10.3. The number of aromatic nitrogens is 4. The van der Waals surface area contributed by atoms with Crippen LogP contribution in [-0.4, -0.2) is 48.4 Å². The number of rotatable bonds is 10. The van der Waals surface area contributed by atoms with Crippen molar-refractivity contribution in [2.45, 2.75) is 32.4 Å². The molecular weight excluding hydrogens is 408 g/mol. The predicted octanol–water partition coefficient (Wildman–Crippen LogP) is 0.983. The molecule has 12 heteroatoms. The number of imidazole rings is 1. The number of anilines is 1. The van der Waals surface area contributed by atoms with Gasteiger partial charge in [0.15, 0.2) is 11.2 Å². The van der Waals surface area contributed by atoms with E-state index in [-0.39, 0.29) is 30.0 Å². The Hall–Kier alpha value is -3.67. The van der Waals surface area contributed by atoms with Gasteiger partial charge >= 0.3 is 5.69 Å². The van der Waals surface area contributed by atoms with Gasteiger partial charge in [-0.15, -0.1) is 0 Å². The van der Waals surface area contributed by atoms with E-state index in [9.17, 15) is 24.8 Å². The third kappa shape index (κ3) is 4.91. The lowest BCUT2D eigenvalue weighted by Crippen LogP contribution is -2.31. The second-order valence-electron chi connectivity index (χ2n) is 7.03. The van der Waals surface area contributed by atoms with E-state index in [0.29, 0.717) is 18.2 Å². The Kier molecular flexibility index (Phi) is 6.70. The van der Waals surface area contributed by atoms with Gasteiger partial charge in [0.25, 0.3) is 11.2 Å². The summed E-state index contributed by atoms with van der Waals surface area (Å²) in [5.74, 6) is 0.728. The van der Waals surface area contributed by atoms with Crippen LogP contribution in [0, 0.1) is 10.1 Å². The molecule has 1 unspecified atom stereocenters. The van der Waals surface area contributed by atoms with Gasteiger partial charge in [0.05, 0.1) is 11.5 Å². The number of nitro benzene ring substituents is 1. The minimum absolute atomic E-state index is 0.0147. The maximum absolute atomic E-state index is 12.4. The first kappa shape index (κ1) is 22.0. The van der Waals surface area contributed by atoms with Gasteiger partial charge < -0.3 is 19.7 Å². The topological polar surface area (TPSA) is 157 Å². The summed E-state index contributed by atoms with van der Waals surface area (Å²) in [6.07, 6.45) is 0.818. The number of aliphatic hydroxyl groups is 1. The fourth-order valence-electron chi connectivity index (χ4n) is 3.04. The number of aryl methyl sites for hydroxylation is 1. The van der Waals surface area contributed by atoms with Crippen molar-refractivity contribution < 1.29 is 14.8 Å². The maximum atomic E-state index is 12.4. The van der Waals surface area contributed by atoms with Crippen LogP contribution in [0.15, 0.2) is 33.9 Å². The molecule has 3 N–H and O–H groups in total. The molecule has 31 heavy (non-hydrogen) atoms. The van der Waals surface area contributed by atoms with Gasteiger partial charge in [-0.2, -0.15) is 4.98 Å². The van der Waals surface area contributed by atoms with E-state index >= 15 is 0 Å². The lowest BCUT2D eigenvalue weighted by molar-refractivity contribution is -0.384. The van der Waals surface area contributed by atoms with Gasteiger partial charge in [0.1, 0.15) is 18.5 Å². The third-order valence-corrected chi connectivity index (χ3v) is 4.70. The molecule has 0 aliphatic heterocycles. The summed E-state index contributed by atoms with van der Waals surface area (Å²) < 4.78 is 8.26. The monoisotopic (exact) mass is 432 g/mol. The third-order valence-electron chi connectivity index (χ3n) is 4.70. The summed E-state index contributed by atoms with van der Waals surface area (Å²) in [6.45, 7) is 2.52. The quantitative estimate of drug-likeness (QED) is 0.243. The van der Waals surface area contributed by atoms with Gasteiger partial charge in [-0.05, 0) is 18.6 Å². The van der Waals surface area contributed by atoms with Crippen molar-refractivity contribution in [1.82, 2.24) is 19.1 Å². The first-order valence-corrected chi connectivity index (χ1v) is 9.80. The van der Waals surface area contributed by atoms with Crippen molar-refractivity contribution in [2.75, 3.05) is 18.5 Å². The molecule has 0 spiro atoms. The second kappa shape index (κ2) is 9.43. The van der Waals surface area contributed by atoms with Crippen LogP contribution in [0.3, 0.4) is 0 Å². The van der Waals surface area contributed by atoms with Crippen LogP contribution in [0.2, 0.25) is 0 Å². The molecule has 0 aliphatic rings. The molecule has 0 radical (unpaired) electrons. The number of unbranched alkanes of at least 4 members (excludes halogenated alkanes) is 1. The molecule has 0 saturated carbocycles. The van der Waals surface area contributed by atoms with Crippen molar-refractivity contribution >= 4 is 22.8 Å². The van der Waals surface area contributed by atoms with Gasteiger partial charge in [-0.3, -0.25) is 24.5 Å². The second-order valence-corrected chi connectivity index (χ2v) is 7.03. The number of aliphatic hydroxyl groups excluding tert-OH is 1. The highest BCUT2D eigenvalue weighted by Gasteiger charge is 2.20. The smallest absolute Gasteiger partial charge is 0.329 e. The number of nitrogens with zero attached hydrogens (tertiary/aromatic N) is 4. The number of ether oxygens (including phenoxy) is 1. The zero-order chi connectivity index (χ0) is 22.5. The van der Waals surface area contributed by atoms with Gasteiger partial charge in [0.2, 0.25) is 5.95 Å². The maximum Gasteiger partial charge on any atom is 0.329 e. The molecule has 0 bridgehead atoms. The largest absolute Gasteiger partial charge is 0.491 e. The van der Waals surface area contributed by atoms with Crippen LogP contribution in [-0.2, 0) is 13.6 Å². The van der Waals surface area contributed by atoms with Crippen LogP contribution in [0.4, 0.5) is 11.6 Å². The standard InChI is InChI=1S/C19H24N6O6/c1-3-4-9-20-18-21-16-15(17(27)22-19(28)23(16)2)24(18)10-13(26)11-31-14-7-5-12(6-8-14)25(29)30/h5-8,13,26H,3-4,9-11H2,1-2H3,(H,20,21)(H,22,27,28). The minimum atomic E-state index is -1.02. The van der Waals surface area contributed by atoms with Gasteiger partial charge in [-0.25, -0.2) is 4.79 Å². The van der Waals surface area contributed by atoms with E-state index in [1.165, 1.54) is 40.4 Å². The Balaban J connectivity index is 1.82. The molecule has 1 atom stereocenters. The van der Waals surface area contributed by atoms with Crippen molar-refractivity contribution in [1.29, 1.82) is 0 Å². The van der Waals surface area contributed by atoms with Crippen molar-refractivity contribution in [2.24, 2.45) is 7.05 Å². The molecule has 0 fully saturated rings. The number of fused-ring (bicyclic) bond motifs is 1. The summed E-state index contributed by atoms with van der Waals surface area (Å²) in [7, 11) is 1.50. The molecule has 1 aromatic carbocycles. The fourth-order valence-corrected chi connectivity index (χ4v) is 3.04. The van der Waals surface area contributed by atoms with E-state index in [2.05, 4.69) is 15.3 Å². The number of nitro groups is 1. The van der Waals surface area contributed by atoms with Crippen molar-refractivity contribution in [3.05, 3.63) is 55.2 Å². The highest BCUT2D eigenvalue weighted by molar-refractivity contribution is 5.74. The summed E-state index contributed by atoms with van der Waals surface area (Å²) in [4.78, 5) is 41.2. The Morgan fingerprint density at radius 3 is 2.68 bits per heavy atom. The van der Waals surface area contributed by atoms with Crippen LogP contribution < -0.4 is 21.3 Å². The van der Waals surface area contributed by atoms with Crippen LogP contribution in [0.25, 0.3) is 11.2 Å². The highest BCUT2D eigenvalue weighted by atomic mass is 16.6. The average molecular weight is 432 g/mol. The van der Waals surface area contributed by atoms with Crippen LogP contribution >= 0.6 is 0 Å². The first-order valence-electron chi connectivity index (χ1n) is 9.80. The number of nitrogens with one attached hydrogen (secondary N) is 2. The fraction of sp³-hybridized carbons (Fsp3) is 0.421. The molecule has 12 nitrogen and oxygen atoms in total. The summed E-state index contributed by atoms with van der Waals surface area (Å²) in [6, 6.07) is 5.49. The number of aromatic amines is 1. The lowest BCUT2D eigenvalue weighted by Gasteiger charge is -2.15. The summed E-state index contributed by atoms with van der Waals surface area (Å²) in [5.41, 5.74) is -0.876. The number of benzene rings is 1. The van der Waals surface area contributed by atoms with E-state index in [4.69, 9.17) is 4.74 Å². The number of non-ortho nitro benzene ring substituents is 1. The van der Waals surface area contributed by atoms with Crippen molar-refractivity contribution in [3.63, 3.8) is 0 Å². The summed E-state index contributed by atoms with van der Waals surface area (Å²) >= 11 is 0. The molecule has 2 aromatic heterocycles. The Morgan fingerprint density at radius 2 is 2.03 bits per heavy atom. The molecule has 0 saturated heterocycles. The number of hydrogen-bond donors (Lipinski definition) is 3. The molecule has 0 amide bonds. The predicted molar refractivity (Wildman–Crippen MR) is 114 cm³/mol. The normalized spacial score (nSPS) is 12.1. The Labute approximate surface area is 176 Å². The molecular formula is C19H24N6O6. The molecule has 3 rings (SSSR count). The molecule has 166 valence electrons. The van der Waals surface area contributed by atoms with Gasteiger partial charge in [0, 0.05) is 25.7 Å². The first-order chi connectivity index (χ1) is 14.8. The van der Waals surface area contributed by atoms with Gasteiger partial charge in [-0.1, -0.05) is 13.3 Å². The summed E-state index contributed by atoms with van der Waals surface area (Å²) in [5, 5.41) is 24.4. The molecule has 0 aliphatic carbocycles. The Morgan fingerprint density at radius 1 is 1.32 bits per heavy atom. The SMILES string of the molecule is CCCCNc1nc2c(c(=O)[nH]c(=O)n2C)n1CC(O)COc1ccc([N+](=O)[O-])cc1. The zero-order valence-electron chi connectivity index (χ0n) is 17.2. The highest BCUT2D eigenvalue weighted by Crippen LogP contribution is 2.19. The van der Waals surface area contributed by atoms with E-state index in [1.54, 1.807) is 0 Å². The van der Waals surface area contributed by atoms with Crippen LogP contribution in [0.1, 0.15) is 19.8 Å². The molecule has 3 aromatic rings. The van der Waals surface area contributed by atoms with E-state index in [0.717, 1.165) is 12.8 Å². The van der Waals surface area contributed by atoms with Crippen molar-refractivity contribution in [3.8, 4) is 5.75 Å². The van der Waals surface area contributed by atoms with E-state index in [1.807, 2.05) is 6.92 Å². The Bertz CT molecular complexity index is 1180. The average Bonchev–Trinajstić information content (AvgIpc) is 3.10. The van der Waals surface area contributed by atoms with Crippen LogP contribution in [0.5, 0.6) is 5.75 Å². The number of H-pyrrole nitrogens is 1. The minimum Gasteiger partial charge on any atom is -0.491 e. The van der Waals surface area contributed by atoms with E-state index < -0.39 is 22.3 Å². The number of hydrogen-bond acceptors (Lipinski definition) is 8. The molecule has 2 heterocycles.